The Labute approximate surface area is 176 Å². The van der Waals surface area contributed by atoms with Gasteiger partial charge in [0.25, 0.3) is 5.91 Å². The Morgan fingerprint density at radius 2 is 2.13 bits per heavy atom. The highest BCUT2D eigenvalue weighted by molar-refractivity contribution is 5.80. The number of aliphatic imine (C=N–C) groups is 1. The number of carbonyl (C=O) groups excluding carboxylic acids is 1. The number of benzene rings is 1. The van der Waals surface area contributed by atoms with E-state index in [4.69, 9.17) is 9.15 Å². The molecule has 30 heavy (non-hydrogen) atoms. The van der Waals surface area contributed by atoms with E-state index in [0.717, 1.165) is 18.4 Å². The predicted octanol–water partition coefficient (Wildman–Crippen LogP) is 1.90. The van der Waals surface area contributed by atoms with Gasteiger partial charge in [-0.25, -0.2) is 4.99 Å². The summed E-state index contributed by atoms with van der Waals surface area (Å²) in [5, 5.41) is 19.8. The second-order valence-electron chi connectivity index (χ2n) is 7.58. The van der Waals surface area contributed by atoms with Crippen molar-refractivity contribution >= 4 is 11.9 Å². The number of aliphatic hydroxyl groups is 1. The van der Waals surface area contributed by atoms with Gasteiger partial charge in [-0.2, -0.15) is 0 Å². The van der Waals surface area contributed by atoms with Crippen LogP contribution < -0.4 is 20.7 Å². The van der Waals surface area contributed by atoms with Gasteiger partial charge < -0.3 is 30.2 Å². The molecule has 1 atom stereocenters. The Balaban J connectivity index is 1.53. The first-order valence-corrected chi connectivity index (χ1v) is 10.3. The molecule has 1 aliphatic carbocycles. The van der Waals surface area contributed by atoms with Crippen molar-refractivity contribution in [1.82, 2.24) is 16.0 Å². The number of ether oxygens (including phenoxy) is 1. The molecule has 8 nitrogen and oxygen atoms in total. The van der Waals surface area contributed by atoms with Gasteiger partial charge >= 0.3 is 0 Å². The van der Waals surface area contributed by atoms with Crippen molar-refractivity contribution in [3.8, 4) is 5.75 Å². The fourth-order valence-corrected chi connectivity index (χ4v) is 2.82. The van der Waals surface area contributed by atoms with E-state index in [0.29, 0.717) is 36.6 Å². The topological polar surface area (TPSA) is 108 Å². The summed E-state index contributed by atoms with van der Waals surface area (Å²) in [6.07, 6.45) is 3.64. The van der Waals surface area contributed by atoms with Gasteiger partial charge in [0.05, 0.1) is 19.4 Å². The van der Waals surface area contributed by atoms with Crippen LogP contribution in [0.2, 0.25) is 0 Å². The summed E-state index contributed by atoms with van der Waals surface area (Å²) in [6.45, 7) is 5.02. The van der Waals surface area contributed by atoms with E-state index >= 15 is 0 Å². The molecule has 1 fully saturated rings. The zero-order valence-electron chi connectivity index (χ0n) is 17.5. The van der Waals surface area contributed by atoms with E-state index in [1.165, 1.54) is 6.26 Å². The van der Waals surface area contributed by atoms with Crippen LogP contribution in [0.4, 0.5) is 0 Å². The lowest BCUT2D eigenvalue weighted by atomic mass is 10.0. The summed E-state index contributed by atoms with van der Waals surface area (Å²) >= 11 is 0. The Hall–Kier alpha value is -3.00. The van der Waals surface area contributed by atoms with Gasteiger partial charge in [-0.15, -0.1) is 0 Å². The molecule has 0 aliphatic heterocycles. The molecule has 1 saturated carbocycles. The highest BCUT2D eigenvalue weighted by Crippen LogP contribution is 2.20. The Morgan fingerprint density at radius 1 is 1.30 bits per heavy atom. The highest BCUT2D eigenvalue weighted by atomic mass is 16.5. The standard InChI is InChI=1S/C22H30N4O4/c1-3-23-21(25-15-22(2,28)19-8-5-11-29-19)24-13-16-6-4-7-18(12-16)30-14-20(27)26-17-9-10-17/h4-8,11-12,17,28H,3,9-10,13-15H2,1-2H3,(H,26,27)(H2,23,24,25). The predicted molar refractivity (Wildman–Crippen MR) is 114 cm³/mol. The number of guanidine groups is 1. The van der Waals surface area contributed by atoms with Crippen molar-refractivity contribution in [2.75, 3.05) is 19.7 Å². The molecule has 162 valence electrons. The number of nitrogens with one attached hydrogen (secondary N) is 3. The van der Waals surface area contributed by atoms with Crippen LogP contribution in [-0.2, 0) is 16.9 Å². The van der Waals surface area contributed by atoms with E-state index < -0.39 is 5.60 Å². The maximum absolute atomic E-state index is 11.8. The number of furan rings is 1. The number of amides is 1. The number of carbonyl (C=O) groups is 1. The van der Waals surface area contributed by atoms with Gasteiger partial charge in [0, 0.05) is 12.6 Å². The summed E-state index contributed by atoms with van der Waals surface area (Å²) in [7, 11) is 0. The zero-order valence-corrected chi connectivity index (χ0v) is 17.5. The molecule has 0 radical (unpaired) electrons. The van der Waals surface area contributed by atoms with Crippen LogP contribution in [0.25, 0.3) is 0 Å². The highest BCUT2D eigenvalue weighted by Gasteiger charge is 2.26. The first-order chi connectivity index (χ1) is 14.5. The van der Waals surface area contributed by atoms with Crippen LogP contribution in [0.1, 0.15) is 38.0 Å². The van der Waals surface area contributed by atoms with Crippen molar-refractivity contribution in [2.24, 2.45) is 4.99 Å². The van der Waals surface area contributed by atoms with Gasteiger partial charge in [0.2, 0.25) is 0 Å². The average molecular weight is 415 g/mol. The normalized spacial score (nSPS) is 15.9. The van der Waals surface area contributed by atoms with Crippen LogP contribution in [0.3, 0.4) is 0 Å². The third-order valence-corrected chi connectivity index (χ3v) is 4.63. The first-order valence-electron chi connectivity index (χ1n) is 10.3. The monoisotopic (exact) mass is 414 g/mol. The minimum atomic E-state index is -1.16. The molecule has 0 saturated heterocycles. The van der Waals surface area contributed by atoms with Crippen molar-refractivity contribution in [1.29, 1.82) is 0 Å². The van der Waals surface area contributed by atoms with Crippen molar-refractivity contribution in [3.05, 3.63) is 54.0 Å². The fourth-order valence-electron chi connectivity index (χ4n) is 2.82. The molecule has 0 spiro atoms. The van der Waals surface area contributed by atoms with Crippen molar-refractivity contribution < 1.29 is 19.1 Å². The van der Waals surface area contributed by atoms with Gasteiger partial charge in [0.1, 0.15) is 17.1 Å². The van der Waals surface area contributed by atoms with Crippen LogP contribution in [0, 0.1) is 0 Å². The Kier molecular flexibility index (Phi) is 7.35. The van der Waals surface area contributed by atoms with Crippen LogP contribution in [-0.4, -0.2) is 42.7 Å². The second kappa shape index (κ2) is 10.2. The fraction of sp³-hybridized carbons (Fsp3) is 0.455. The molecule has 1 heterocycles. The zero-order chi connectivity index (χ0) is 21.4. The lowest BCUT2D eigenvalue weighted by Gasteiger charge is -2.22. The van der Waals surface area contributed by atoms with Gasteiger partial charge in [0.15, 0.2) is 12.6 Å². The van der Waals surface area contributed by atoms with Crippen LogP contribution in [0.15, 0.2) is 52.1 Å². The summed E-state index contributed by atoms with van der Waals surface area (Å²) < 4.78 is 10.9. The lowest BCUT2D eigenvalue weighted by molar-refractivity contribution is -0.123. The maximum atomic E-state index is 11.8. The van der Waals surface area contributed by atoms with E-state index in [1.807, 2.05) is 31.2 Å². The average Bonchev–Trinajstić information content (AvgIpc) is 3.35. The SMILES string of the molecule is CCNC(=NCc1cccc(OCC(=O)NC2CC2)c1)NCC(C)(O)c1ccco1. The van der Waals surface area contributed by atoms with Gasteiger partial charge in [-0.05, 0) is 56.5 Å². The molecule has 0 bridgehead atoms. The van der Waals surface area contributed by atoms with Crippen molar-refractivity contribution in [2.45, 2.75) is 44.9 Å². The number of hydrogen-bond donors (Lipinski definition) is 4. The van der Waals surface area contributed by atoms with Crippen molar-refractivity contribution in [3.63, 3.8) is 0 Å². The Morgan fingerprint density at radius 3 is 2.83 bits per heavy atom. The lowest BCUT2D eigenvalue weighted by Crippen LogP contribution is -2.44. The molecule has 1 aliphatic rings. The van der Waals surface area contributed by atoms with Crippen LogP contribution in [0.5, 0.6) is 5.75 Å². The molecule has 8 heteroatoms. The minimum absolute atomic E-state index is 0.00921. The van der Waals surface area contributed by atoms with Crippen LogP contribution >= 0.6 is 0 Å². The number of nitrogens with zero attached hydrogens (tertiary/aromatic N) is 1. The molecule has 1 aromatic carbocycles. The minimum Gasteiger partial charge on any atom is -0.484 e. The molecule has 3 rings (SSSR count). The molecule has 2 aromatic rings. The van der Waals surface area contributed by atoms with E-state index in [-0.39, 0.29) is 19.1 Å². The summed E-state index contributed by atoms with van der Waals surface area (Å²) in [5.41, 5.74) is -0.209. The number of hydrogen-bond acceptors (Lipinski definition) is 5. The summed E-state index contributed by atoms with van der Waals surface area (Å²) in [6, 6.07) is 11.3. The Bertz CT molecular complexity index is 845. The summed E-state index contributed by atoms with van der Waals surface area (Å²) in [4.78, 5) is 16.3. The molecule has 1 amide bonds. The van der Waals surface area contributed by atoms with Gasteiger partial charge in [-0.1, -0.05) is 12.1 Å². The molecule has 1 unspecified atom stereocenters. The molecule has 4 N–H and O–H groups in total. The third-order valence-electron chi connectivity index (χ3n) is 4.63. The molecular formula is C22H30N4O4. The largest absolute Gasteiger partial charge is 0.484 e. The van der Waals surface area contributed by atoms with Gasteiger partial charge in [-0.3, -0.25) is 4.79 Å². The molecular weight excluding hydrogens is 384 g/mol. The van der Waals surface area contributed by atoms with E-state index in [2.05, 4.69) is 20.9 Å². The van der Waals surface area contributed by atoms with E-state index in [9.17, 15) is 9.90 Å². The second-order valence-corrected chi connectivity index (χ2v) is 7.58. The number of rotatable bonds is 10. The first kappa shape index (κ1) is 21.7. The smallest absolute Gasteiger partial charge is 0.258 e. The maximum Gasteiger partial charge on any atom is 0.258 e. The molecule has 1 aromatic heterocycles. The quantitative estimate of drug-likeness (QED) is 0.349. The van der Waals surface area contributed by atoms with E-state index in [1.54, 1.807) is 19.1 Å². The third kappa shape index (κ3) is 6.81. The summed E-state index contributed by atoms with van der Waals surface area (Å²) in [5.74, 6) is 1.61.